The monoisotopic (exact) mass is 214 g/mol. The highest BCUT2D eigenvalue weighted by molar-refractivity contribution is 5.84. The van der Waals surface area contributed by atoms with Crippen LogP contribution in [0, 0.1) is 5.95 Å². The van der Waals surface area contributed by atoms with Crippen LogP contribution in [0.4, 0.5) is 14.9 Å². The Morgan fingerprint density at radius 2 is 2.47 bits per heavy atom. The Hall–Kier alpha value is -1.85. The summed E-state index contributed by atoms with van der Waals surface area (Å²) in [5, 5.41) is 10.4. The van der Waals surface area contributed by atoms with Crippen molar-refractivity contribution >= 4 is 11.8 Å². The van der Waals surface area contributed by atoms with E-state index in [2.05, 4.69) is 4.98 Å². The molecule has 2 N–H and O–H groups in total. The zero-order valence-electron chi connectivity index (χ0n) is 8.16. The molecule has 1 aromatic heterocycles. The number of nitrogens with one attached hydrogen (secondary N) is 1. The number of hydrogen-bond donors (Lipinski definition) is 2. The van der Waals surface area contributed by atoms with Crippen LogP contribution in [0.2, 0.25) is 0 Å². The number of aromatic nitrogens is 1. The molecule has 0 fully saturated rings. The molecule has 0 saturated heterocycles. The van der Waals surface area contributed by atoms with Crippen LogP contribution in [0.25, 0.3) is 0 Å². The molecular weight excluding hydrogens is 203 g/mol. The van der Waals surface area contributed by atoms with Gasteiger partial charge >= 0.3 is 6.09 Å². The quantitative estimate of drug-likeness (QED) is 0.753. The van der Waals surface area contributed by atoms with Crippen molar-refractivity contribution < 1.29 is 19.0 Å². The second kappa shape index (κ2) is 5.14. The van der Waals surface area contributed by atoms with Crippen LogP contribution in [0.1, 0.15) is 13.3 Å². The van der Waals surface area contributed by atoms with Crippen molar-refractivity contribution in [3.05, 3.63) is 18.2 Å². The molecular formula is C9H11FN2O3. The molecule has 0 spiro atoms. The van der Waals surface area contributed by atoms with Crippen molar-refractivity contribution in [2.45, 2.75) is 13.3 Å². The minimum Gasteiger partial charge on any atom is -0.491 e. The maximum atomic E-state index is 13.1. The predicted molar refractivity (Wildman–Crippen MR) is 51.6 cm³/mol. The summed E-state index contributed by atoms with van der Waals surface area (Å²) in [5.41, 5.74) is -0.251. The first kappa shape index (κ1) is 11.2. The summed E-state index contributed by atoms with van der Waals surface area (Å²) in [6.07, 6.45) is 0.604. The lowest BCUT2D eigenvalue weighted by atomic mass is 10.3. The number of hydrogen-bond acceptors (Lipinski definition) is 3. The highest BCUT2D eigenvalue weighted by Crippen LogP contribution is 2.25. The fraction of sp³-hybridized carbons (Fsp3) is 0.333. The summed E-state index contributed by atoms with van der Waals surface area (Å²) >= 11 is 0. The summed E-state index contributed by atoms with van der Waals surface area (Å²) in [6.45, 7) is 2.28. The van der Waals surface area contributed by atoms with Crippen LogP contribution in [0.5, 0.6) is 5.75 Å². The molecule has 1 heterocycles. The Labute approximate surface area is 85.9 Å². The fourth-order valence-corrected chi connectivity index (χ4v) is 0.972. The van der Waals surface area contributed by atoms with Gasteiger partial charge in [0.25, 0.3) is 0 Å². The molecule has 0 atom stereocenters. The van der Waals surface area contributed by atoms with Crippen LogP contribution in [-0.4, -0.2) is 22.8 Å². The zero-order chi connectivity index (χ0) is 11.3. The molecule has 0 aliphatic rings. The first-order valence-electron chi connectivity index (χ1n) is 4.42. The maximum absolute atomic E-state index is 13.1. The Morgan fingerprint density at radius 1 is 1.73 bits per heavy atom. The maximum Gasteiger partial charge on any atom is 0.409 e. The first-order valence-corrected chi connectivity index (χ1v) is 4.42. The zero-order valence-corrected chi connectivity index (χ0v) is 8.16. The molecule has 1 rings (SSSR count). The number of rotatable bonds is 4. The van der Waals surface area contributed by atoms with Crippen LogP contribution >= 0.6 is 0 Å². The molecule has 0 aromatic carbocycles. The van der Waals surface area contributed by atoms with Gasteiger partial charge < -0.3 is 9.84 Å². The fourth-order valence-electron chi connectivity index (χ4n) is 0.972. The van der Waals surface area contributed by atoms with Crippen molar-refractivity contribution in [1.82, 2.24) is 4.98 Å². The van der Waals surface area contributed by atoms with E-state index in [-0.39, 0.29) is 11.4 Å². The lowest BCUT2D eigenvalue weighted by molar-refractivity contribution is 0.209. The van der Waals surface area contributed by atoms with Crippen molar-refractivity contribution in [2.24, 2.45) is 0 Å². The van der Waals surface area contributed by atoms with Crippen molar-refractivity contribution in [2.75, 3.05) is 11.9 Å². The van der Waals surface area contributed by atoms with Gasteiger partial charge in [0.05, 0.1) is 6.61 Å². The minimum atomic E-state index is -1.36. The number of pyridine rings is 1. The summed E-state index contributed by atoms with van der Waals surface area (Å²) in [7, 11) is 0. The Morgan fingerprint density at radius 3 is 3.07 bits per heavy atom. The van der Waals surface area contributed by atoms with Gasteiger partial charge in [-0.15, -0.1) is 0 Å². The number of carbonyl (C=O) groups is 1. The molecule has 15 heavy (non-hydrogen) atoms. The van der Waals surface area contributed by atoms with Gasteiger partial charge in [-0.3, -0.25) is 5.32 Å². The molecule has 82 valence electrons. The third-order valence-electron chi connectivity index (χ3n) is 1.56. The van der Waals surface area contributed by atoms with Gasteiger partial charge in [-0.25, -0.2) is 9.78 Å². The Bertz CT molecular complexity index is 357. The van der Waals surface area contributed by atoms with Crippen LogP contribution in [-0.2, 0) is 0 Å². The minimum absolute atomic E-state index is 0.145. The van der Waals surface area contributed by atoms with Gasteiger partial charge in [0.2, 0.25) is 5.95 Å². The highest BCUT2D eigenvalue weighted by Gasteiger charge is 2.12. The summed E-state index contributed by atoms with van der Waals surface area (Å²) in [4.78, 5) is 13.7. The van der Waals surface area contributed by atoms with Gasteiger partial charge in [0.15, 0.2) is 0 Å². The average molecular weight is 214 g/mol. The van der Waals surface area contributed by atoms with E-state index >= 15 is 0 Å². The molecule has 6 heteroatoms. The first-order chi connectivity index (χ1) is 7.15. The van der Waals surface area contributed by atoms with Gasteiger partial charge in [-0.05, 0) is 6.42 Å². The van der Waals surface area contributed by atoms with Crippen molar-refractivity contribution in [1.29, 1.82) is 0 Å². The summed E-state index contributed by atoms with van der Waals surface area (Å²) < 4.78 is 18.3. The number of halogens is 1. The smallest absolute Gasteiger partial charge is 0.409 e. The van der Waals surface area contributed by atoms with E-state index in [1.165, 1.54) is 12.3 Å². The largest absolute Gasteiger partial charge is 0.491 e. The van der Waals surface area contributed by atoms with E-state index in [9.17, 15) is 9.18 Å². The molecule has 1 amide bonds. The van der Waals surface area contributed by atoms with Crippen LogP contribution in [0.3, 0.4) is 0 Å². The van der Waals surface area contributed by atoms with Gasteiger partial charge in [-0.1, -0.05) is 6.92 Å². The highest BCUT2D eigenvalue weighted by atomic mass is 19.1. The molecule has 5 nitrogen and oxygen atoms in total. The van der Waals surface area contributed by atoms with Crippen molar-refractivity contribution in [3.63, 3.8) is 0 Å². The molecule has 1 aromatic rings. The molecule has 0 aliphatic heterocycles. The SMILES string of the molecule is CCCOc1ccnc(F)c1NC(=O)O. The van der Waals surface area contributed by atoms with E-state index in [4.69, 9.17) is 9.84 Å². The number of ether oxygens (including phenoxy) is 1. The van der Waals surface area contributed by atoms with Gasteiger partial charge in [-0.2, -0.15) is 4.39 Å². The third kappa shape index (κ3) is 3.08. The van der Waals surface area contributed by atoms with E-state index in [0.717, 1.165) is 6.42 Å². The number of nitrogens with zero attached hydrogens (tertiary/aromatic N) is 1. The molecule has 0 bridgehead atoms. The summed E-state index contributed by atoms with van der Waals surface area (Å²) in [5.74, 6) is -0.752. The van der Waals surface area contributed by atoms with E-state index in [1.807, 2.05) is 12.2 Å². The predicted octanol–water partition coefficient (Wildman–Crippen LogP) is 2.10. The van der Waals surface area contributed by atoms with Crippen LogP contribution < -0.4 is 10.1 Å². The summed E-state index contributed by atoms with van der Waals surface area (Å²) in [6, 6.07) is 1.41. The Kier molecular flexibility index (Phi) is 3.84. The topological polar surface area (TPSA) is 71.5 Å². The lowest BCUT2D eigenvalue weighted by Crippen LogP contribution is -2.11. The third-order valence-corrected chi connectivity index (χ3v) is 1.56. The normalized spacial score (nSPS) is 9.73. The van der Waals surface area contributed by atoms with Gasteiger partial charge in [0, 0.05) is 12.3 Å². The lowest BCUT2D eigenvalue weighted by Gasteiger charge is -2.10. The molecule has 0 radical (unpaired) electrons. The molecule has 0 unspecified atom stereocenters. The van der Waals surface area contributed by atoms with E-state index in [0.29, 0.717) is 6.61 Å². The van der Waals surface area contributed by atoms with Crippen LogP contribution in [0.15, 0.2) is 12.3 Å². The number of anilines is 1. The second-order valence-corrected chi connectivity index (χ2v) is 2.75. The van der Waals surface area contributed by atoms with E-state index < -0.39 is 12.0 Å². The molecule has 0 saturated carbocycles. The van der Waals surface area contributed by atoms with Crippen molar-refractivity contribution in [3.8, 4) is 5.75 Å². The standard InChI is InChI=1S/C9H11FN2O3/c1-2-5-15-6-3-4-11-8(10)7(6)12-9(13)14/h3-4,12H,2,5H2,1H3,(H,13,14). The van der Waals surface area contributed by atoms with E-state index in [1.54, 1.807) is 0 Å². The van der Waals surface area contributed by atoms with Gasteiger partial charge in [0.1, 0.15) is 11.4 Å². The number of carboxylic acid groups (broad SMARTS) is 1. The second-order valence-electron chi connectivity index (χ2n) is 2.75. The Balaban J connectivity index is 2.92. The number of amides is 1. The average Bonchev–Trinajstić information content (AvgIpc) is 2.18. The molecule has 0 aliphatic carbocycles.